The van der Waals surface area contributed by atoms with E-state index in [4.69, 9.17) is 33.7 Å². The van der Waals surface area contributed by atoms with E-state index in [0.29, 0.717) is 35.3 Å². The molecule has 4 nitrogen and oxygen atoms in total. The Bertz CT molecular complexity index is 698. The smallest absolute Gasteiger partial charge is 0.217 e. The Hall–Kier alpha value is -1.26. The molecular formula is C19H23Cl2NO3. The lowest BCUT2D eigenvalue weighted by Gasteiger charge is -2.23. The number of fused-ring (bicyclic) bond motifs is 1. The Labute approximate surface area is 158 Å². The molecule has 25 heavy (non-hydrogen) atoms. The molecule has 1 fully saturated rings. The third-order valence-corrected chi connectivity index (χ3v) is 6.34. The van der Waals surface area contributed by atoms with Crippen LogP contribution in [0.1, 0.15) is 67.3 Å². The molecule has 2 aliphatic carbocycles. The molecule has 0 radical (unpaired) electrons. The number of benzene rings is 1. The van der Waals surface area contributed by atoms with Gasteiger partial charge in [0.15, 0.2) is 5.78 Å². The van der Waals surface area contributed by atoms with Crippen LogP contribution in [0, 0.1) is 11.8 Å². The Balaban J connectivity index is 1.89. The number of Topliss-reactive ketones (excluding diaryl/α,β-unsaturated/α-hetero) is 1. The van der Waals surface area contributed by atoms with E-state index in [1.165, 1.54) is 12.8 Å². The molecule has 0 spiro atoms. The quantitative estimate of drug-likeness (QED) is 0.720. The molecule has 136 valence electrons. The monoisotopic (exact) mass is 383 g/mol. The highest BCUT2D eigenvalue weighted by molar-refractivity contribution is 6.45. The molecule has 3 rings (SSSR count). The maximum atomic E-state index is 12.7. The largest absolute Gasteiger partial charge is 0.492 e. The number of nitrogens with two attached hydrogens (primary N) is 1. The van der Waals surface area contributed by atoms with Gasteiger partial charge in [0, 0.05) is 17.9 Å². The highest BCUT2D eigenvalue weighted by atomic mass is 35.5. The summed E-state index contributed by atoms with van der Waals surface area (Å²) in [5.41, 5.74) is 6.68. The summed E-state index contributed by atoms with van der Waals surface area (Å²) in [6.45, 7) is 2.32. The standard InChI is InChI=1S/C19H23Cl2NO3/c1-10-15(11-5-2-3-6-11)12-9-13(25-8-4-7-14(22)23)17(20)18(21)16(12)19(10)24/h9-11,15H,2-8H2,1H3,(H2,22,23). The molecule has 1 saturated carbocycles. The average Bonchev–Trinajstić information content (AvgIpc) is 3.16. The minimum atomic E-state index is -0.359. The van der Waals surface area contributed by atoms with Gasteiger partial charge in [0.2, 0.25) is 5.91 Å². The summed E-state index contributed by atoms with van der Waals surface area (Å²) >= 11 is 12.8. The van der Waals surface area contributed by atoms with E-state index in [1.807, 2.05) is 13.0 Å². The van der Waals surface area contributed by atoms with Gasteiger partial charge in [-0.15, -0.1) is 0 Å². The zero-order valence-corrected chi connectivity index (χ0v) is 15.8. The molecule has 0 aromatic heterocycles. The third-order valence-electron chi connectivity index (χ3n) is 5.49. The van der Waals surface area contributed by atoms with Crippen LogP contribution in [0.5, 0.6) is 5.75 Å². The number of ether oxygens (including phenoxy) is 1. The van der Waals surface area contributed by atoms with Gasteiger partial charge in [0.25, 0.3) is 0 Å². The maximum Gasteiger partial charge on any atom is 0.217 e. The SMILES string of the molecule is CC1C(=O)c2c(cc(OCCCC(N)=O)c(Cl)c2Cl)C1C1CCCC1. The minimum Gasteiger partial charge on any atom is -0.492 e. The first-order valence-electron chi connectivity index (χ1n) is 8.89. The van der Waals surface area contributed by atoms with Crippen LogP contribution in [-0.2, 0) is 4.79 Å². The fraction of sp³-hybridized carbons (Fsp3) is 0.579. The van der Waals surface area contributed by atoms with Gasteiger partial charge < -0.3 is 10.5 Å². The lowest BCUT2D eigenvalue weighted by molar-refractivity contribution is -0.118. The summed E-state index contributed by atoms with van der Waals surface area (Å²) in [4.78, 5) is 23.6. The average molecular weight is 384 g/mol. The van der Waals surface area contributed by atoms with E-state index in [9.17, 15) is 9.59 Å². The molecule has 1 aromatic rings. The van der Waals surface area contributed by atoms with E-state index in [-0.39, 0.29) is 35.0 Å². The van der Waals surface area contributed by atoms with Crippen LogP contribution in [0.15, 0.2) is 6.07 Å². The second-order valence-electron chi connectivity index (χ2n) is 7.11. The van der Waals surface area contributed by atoms with Crippen molar-refractivity contribution in [3.8, 4) is 5.75 Å². The van der Waals surface area contributed by atoms with Crippen molar-refractivity contribution in [2.75, 3.05) is 6.61 Å². The molecule has 0 bridgehead atoms. The number of amides is 1. The molecule has 2 N–H and O–H groups in total. The number of ketones is 1. The van der Waals surface area contributed by atoms with E-state index in [2.05, 4.69) is 0 Å². The second-order valence-corrected chi connectivity index (χ2v) is 7.86. The first-order chi connectivity index (χ1) is 11.9. The van der Waals surface area contributed by atoms with Crippen LogP contribution in [0.2, 0.25) is 10.0 Å². The molecule has 2 aliphatic rings. The summed E-state index contributed by atoms with van der Waals surface area (Å²) in [6.07, 6.45) is 5.51. The second kappa shape index (κ2) is 7.55. The van der Waals surface area contributed by atoms with Gasteiger partial charge in [-0.2, -0.15) is 0 Å². The van der Waals surface area contributed by atoms with Crippen LogP contribution in [0.3, 0.4) is 0 Å². The molecule has 1 aromatic carbocycles. The minimum absolute atomic E-state index is 0.0724. The molecule has 2 unspecified atom stereocenters. The summed E-state index contributed by atoms with van der Waals surface area (Å²) in [5.74, 6) is 0.839. The number of hydrogen-bond acceptors (Lipinski definition) is 3. The molecule has 6 heteroatoms. The highest BCUT2D eigenvalue weighted by Crippen LogP contribution is 2.52. The zero-order valence-electron chi connectivity index (χ0n) is 14.3. The number of carbonyl (C=O) groups is 2. The summed E-state index contributed by atoms with van der Waals surface area (Å²) in [6, 6.07) is 1.89. The Morgan fingerprint density at radius 3 is 2.60 bits per heavy atom. The van der Waals surface area contributed by atoms with Crippen molar-refractivity contribution in [3.63, 3.8) is 0 Å². The van der Waals surface area contributed by atoms with Gasteiger partial charge in [-0.3, -0.25) is 9.59 Å². The van der Waals surface area contributed by atoms with Gasteiger partial charge in [0.05, 0.1) is 11.6 Å². The van der Waals surface area contributed by atoms with Crippen LogP contribution < -0.4 is 10.5 Å². The maximum absolute atomic E-state index is 12.7. The molecule has 0 saturated heterocycles. The molecule has 2 atom stereocenters. The van der Waals surface area contributed by atoms with Gasteiger partial charge in [-0.1, -0.05) is 43.0 Å². The lowest BCUT2D eigenvalue weighted by Crippen LogP contribution is -2.16. The number of hydrogen-bond donors (Lipinski definition) is 1. The number of primary amides is 1. The van der Waals surface area contributed by atoms with Crippen LogP contribution in [0.4, 0.5) is 0 Å². The Morgan fingerprint density at radius 2 is 1.96 bits per heavy atom. The van der Waals surface area contributed by atoms with Crippen LogP contribution in [0.25, 0.3) is 0 Å². The summed E-state index contributed by atoms with van der Waals surface area (Å²) in [5, 5.41) is 0.563. The Kier molecular flexibility index (Phi) is 5.59. The predicted molar refractivity (Wildman–Crippen MR) is 98.6 cm³/mol. The van der Waals surface area contributed by atoms with Crippen LogP contribution in [-0.4, -0.2) is 18.3 Å². The molecule has 0 aliphatic heterocycles. The normalized spacial score (nSPS) is 23.1. The van der Waals surface area contributed by atoms with Gasteiger partial charge in [-0.05, 0) is 42.7 Å². The van der Waals surface area contributed by atoms with Crippen molar-refractivity contribution in [1.82, 2.24) is 0 Å². The lowest BCUT2D eigenvalue weighted by atomic mass is 9.81. The first kappa shape index (κ1) is 18.5. The molecule has 1 amide bonds. The van der Waals surface area contributed by atoms with E-state index in [1.54, 1.807) is 0 Å². The number of rotatable bonds is 6. The van der Waals surface area contributed by atoms with Gasteiger partial charge in [-0.25, -0.2) is 0 Å². The van der Waals surface area contributed by atoms with E-state index >= 15 is 0 Å². The van der Waals surface area contributed by atoms with Crippen molar-refractivity contribution in [2.24, 2.45) is 17.6 Å². The summed E-state index contributed by atoms with van der Waals surface area (Å²) < 4.78 is 5.74. The highest BCUT2D eigenvalue weighted by Gasteiger charge is 2.44. The first-order valence-corrected chi connectivity index (χ1v) is 9.64. The number of carbonyl (C=O) groups excluding carboxylic acids is 2. The van der Waals surface area contributed by atoms with Crippen LogP contribution >= 0.6 is 23.2 Å². The molecule has 0 heterocycles. The summed E-state index contributed by atoms with van der Waals surface area (Å²) in [7, 11) is 0. The third kappa shape index (κ3) is 3.52. The predicted octanol–water partition coefficient (Wildman–Crippen LogP) is 4.74. The van der Waals surface area contributed by atoms with E-state index < -0.39 is 0 Å². The van der Waals surface area contributed by atoms with Crippen molar-refractivity contribution < 1.29 is 14.3 Å². The van der Waals surface area contributed by atoms with Gasteiger partial charge >= 0.3 is 0 Å². The fourth-order valence-electron chi connectivity index (χ4n) is 4.31. The van der Waals surface area contributed by atoms with Gasteiger partial charge in [0.1, 0.15) is 10.8 Å². The molecular weight excluding hydrogens is 361 g/mol. The fourth-order valence-corrected chi connectivity index (χ4v) is 4.81. The number of halogens is 2. The van der Waals surface area contributed by atoms with Crippen molar-refractivity contribution in [1.29, 1.82) is 0 Å². The van der Waals surface area contributed by atoms with Crippen molar-refractivity contribution in [3.05, 3.63) is 27.2 Å². The van der Waals surface area contributed by atoms with Crippen molar-refractivity contribution >= 4 is 34.9 Å². The zero-order chi connectivity index (χ0) is 18.1. The Morgan fingerprint density at radius 1 is 1.28 bits per heavy atom. The van der Waals surface area contributed by atoms with E-state index in [0.717, 1.165) is 18.4 Å². The van der Waals surface area contributed by atoms with Crippen molar-refractivity contribution in [2.45, 2.75) is 51.4 Å². The topological polar surface area (TPSA) is 69.4 Å².